The number of amides is 1. The second-order valence-electron chi connectivity index (χ2n) is 7.10. The van der Waals surface area contributed by atoms with Crippen molar-refractivity contribution in [2.45, 2.75) is 31.7 Å². The molecule has 0 spiro atoms. The summed E-state index contributed by atoms with van der Waals surface area (Å²) in [6, 6.07) is 2.00. The SMILES string of the molecule is CC[C@@]1(N2CCN(C(=O)Cc3ccsc3)CC2)CCN(S(C)(=O)=O)C1. The van der Waals surface area contributed by atoms with Crippen molar-refractivity contribution < 1.29 is 13.2 Å². The average Bonchev–Trinajstić information content (AvgIpc) is 3.24. The molecule has 2 saturated heterocycles. The van der Waals surface area contributed by atoms with Crippen molar-refractivity contribution in [3.8, 4) is 0 Å². The molecule has 0 aliphatic carbocycles. The van der Waals surface area contributed by atoms with Crippen LogP contribution in [0.1, 0.15) is 25.3 Å². The molecular weight excluding hydrogens is 358 g/mol. The second-order valence-corrected chi connectivity index (χ2v) is 9.86. The fourth-order valence-corrected chi connectivity index (χ4v) is 5.55. The molecule has 2 fully saturated rings. The Labute approximate surface area is 154 Å². The average molecular weight is 386 g/mol. The van der Waals surface area contributed by atoms with Crippen LogP contribution in [0.2, 0.25) is 0 Å². The van der Waals surface area contributed by atoms with Crippen molar-refractivity contribution in [1.82, 2.24) is 14.1 Å². The molecule has 2 aliphatic heterocycles. The Hall–Kier alpha value is -0.960. The molecule has 2 aliphatic rings. The summed E-state index contributed by atoms with van der Waals surface area (Å²) >= 11 is 1.62. The molecule has 0 N–H and O–H groups in total. The van der Waals surface area contributed by atoms with E-state index in [1.54, 1.807) is 15.6 Å². The van der Waals surface area contributed by atoms with E-state index < -0.39 is 10.0 Å². The summed E-state index contributed by atoms with van der Waals surface area (Å²) in [4.78, 5) is 16.8. The maximum atomic E-state index is 12.5. The lowest BCUT2D eigenvalue weighted by Crippen LogP contribution is -2.59. The summed E-state index contributed by atoms with van der Waals surface area (Å²) in [5.74, 6) is 0.188. The lowest BCUT2D eigenvalue weighted by atomic mass is 9.92. The van der Waals surface area contributed by atoms with Crippen LogP contribution in [0, 0.1) is 0 Å². The standard InChI is InChI=1S/C17H27N3O3S2/c1-3-17(5-6-20(14-17)25(2,22)23)19-9-7-18(8-10-19)16(21)12-15-4-11-24-13-15/h4,11,13H,3,5-10,12,14H2,1-2H3/t17-/m1/s1. The highest BCUT2D eigenvalue weighted by Gasteiger charge is 2.45. The van der Waals surface area contributed by atoms with Crippen LogP contribution in [0.5, 0.6) is 0 Å². The summed E-state index contributed by atoms with van der Waals surface area (Å²) in [5, 5.41) is 4.03. The Kier molecular flexibility index (Phi) is 5.53. The fourth-order valence-electron chi connectivity index (χ4n) is 3.98. The molecule has 0 unspecified atom stereocenters. The van der Waals surface area contributed by atoms with E-state index in [0.717, 1.165) is 44.6 Å². The largest absolute Gasteiger partial charge is 0.340 e. The molecule has 140 valence electrons. The lowest BCUT2D eigenvalue weighted by Gasteiger charge is -2.45. The third-order valence-corrected chi connectivity index (χ3v) is 7.64. The number of hydrogen-bond donors (Lipinski definition) is 0. The van der Waals surface area contributed by atoms with Gasteiger partial charge in [-0.2, -0.15) is 11.3 Å². The van der Waals surface area contributed by atoms with Crippen LogP contribution >= 0.6 is 11.3 Å². The van der Waals surface area contributed by atoms with Gasteiger partial charge in [-0.15, -0.1) is 0 Å². The smallest absolute Gasteiger partial charge is 0.227 e. The van der Waals surface area contributed by atoms with Gasteiger partial charge >= 0.3 is 0 Å². The zero-order chi connectivity index (χ0) is 18.1. The molecule has 8 heteroatoms. The number of rotatable bonds is 5. The number of carbonyl (C=O) groups is 1. The van der Waals surface area contributed by atoms with Gasteiger partial charge in [0.25, 0.3) is 0 Å². The molecule has 0 bridgehead atoms. The van der Waals surface area contributed by atoms with Gasteiger partial charge in [0.05, 0.1) is 12.7 Å². The number of piperazine rings is 1. The third kappa shape index (κ3) is 4.07. The maximum absolute atomic E-state index is 12.5. The topological polar surface area (TPSA) is 60.9 Å². The van der Waals surface area contributed by atoms with Crippen LogP contribution in [0.25, 0.3) is 0 Å². The highest BCUT2D eigenvalue weighted by atomic mass is 32.2. The summed E-state index contributed by atoms with van der Waals surface area (Å²) in [6.07, 6.45) is 3.57. The second kappa shape index (κ2) is 7.34. The van der Waals surface area contributed by atoms with Gasteiger partial charge < -0.3 is 4.90 Å². The van der Waals surface area contributed by atoms with E-state index in [2.05, 4.69) is 11.8 Å². The number of carbonyl (C=O) groups excluding carboxylic acids is 1. The summed E-state index contributed by atoms with van der Waals surface area (Å²) in [7, 11) is -3.13. The highest BCUT2D eigenvalue weighted by molar-refractivity contribution is 7.88. The molecule has 3 rings (SSSR count). The first-order valence-electron chi connectivity index (χ1n) is 8.83. The van der Waals surface area contributed by atoms with Crippen molar-refractivity contribution in [1.29, 1.82) is 0 Å². The quantitative estimate of drug-likeness (QED) is 0.765. The number of sulfonamides is 1. The zero-order valence-electron chi connectivity index (χ0n) is 15.0. The normalized spacial score (nSPS) is 26.2. The van der Waals surface area contributed by atoms with E-state index in [0.29, 0.717) is 19.5 Å². The van der Waals surface area contributed by atoms with Crippen molar-refractivity contribution in [2.24, 2.45) is 0 Å². The molecule has 1 atom stereocenters. The molecular formula is C17H27N3O3S2. The van der Waals surface area contributed by atoms with Gasteiger partial charge in [-0.1, -0.05) is 6.92 Å². The van der Waals surface area contributed by atoms with Crippen LogP contribution in [0.4, 0.5) is 0 Å². The first kappa shape index (κ1) is 18.8. The summed E-state index contributed by atoms with van der Waals surface area (Å²) < 4.78 is 25.3. The molecule has 0 radical (unpaired) electrons. The number of thiophene rings is 1. The number of hydrogen-bond acceptors (Lipinski definition) is 5. The van der Waals surface area contributed by atoms with Crippen molar-refractivity contribution >= 4 is 27.3 Å². The third-order valence-electron chi connectivity index (χ3n) is 5.66. The van der Waals surface area contributed by atoms with Gasteiger partial charge in [-0.05, 0) is 35.2 Å². The van der Waals surface area contributed by atoms with E-state index in [4.69, 9.17) is 0 Å². The van der Waals surface area contributed by atoms with E-state index >= 15 is 0 Å². The first-order chi connectivity index (χ1) is 11.8. The van der Waals surface area contributed by atoms with Crippen LogP contribution in [0.15, 0.2) is 16.8 Å². The molecule has 1 aromatic rings. The van der Waals surface area contributed by atoms with E-state index in [-0.39, 0.29) is 11.4 Å². The molecule has 0 saturated carbocycles. The fraction of sp³-hybridized carbons (Fsp3) is 0.706. The molecule has 25 heavy (non-hydrogen) atoms. The molecule has 3 heterocycles. The molecule has 6 nitrogen and oxygen atoms in total. The van der Waals surface area contributed by atoms with E-state index in [1.807, 2.05) is 21.7 Å². The maximum Gasteiger partial charge on any atom is 0.227 e. The minimum absolute atomic E-state index is 0.0778. The van der Waals surface area contributed by atoms with Crippen molar-refractivity contribution in [3.63, 3.8) is 0 Å². The lowest BCUT2D eigenvalue weighted by molar-refractivity contribution is -0.133. The Morgan fingerprint density at radius 2 is 1.96 bits per heavy atom. The van der Waals surface area contributed by atoms with Gasteiger partial charge in [0, 0.05) is 44.8 Å². The first-order valence-corrected chi connectivity index (χ1v) is 11.6. The van der Waals surface area contributed by atoms with Gasteiger partial charge in [0.1, 0.15) is 0 Å². The minimum atomic E-state index is -3.13. The molecule has 1 aromatic heterocycles. The molecule has 0 aromatic carbocycles. The Bertz CT molecular complexity index is 697. The summed E-state index contributed by atoms with van der Waals surface area (Å²) in [6.45, 7) is 6.41. The predicted octanol–water partition coefficient (Wildman–Crippen LogP) is 1.25. The molecule has 1 amide bonds. The number of nitrogens with zero attached hydrogens (tertiary/aromatic N) is 3. The highest BCUT2D eigenvalue weighted by Crippen LogP contribution is 2.33. The monoisotopic (exact) mass is 385 g/mol. The van der Waals surface area contributed by atoms with Gasteiger partial charge in [0.15, 0.2) is 0 Å². The Morgan fingerprint density at radius 3 is 2.48 bits per heavy atom. The summed E-state index contributed by atoms with van der Waals surface area (Å²) in [5.41, 5.74) is 1.01. The predicted molar refractivity (Wildman–Crippen MR) is 100 cm³/mol. The van der Waals surface area contributed by atoms with Crippen molar-refractivity contribution in [3.05, 3.63) is 22.4 Å². The Morgan fingerprint density at radius 1 is 1.24 bits per heavy atom. The van der Waals surface area contributed by atoms with Crippen LogP contribution in [-0.2, 0) is 21.2 Å². The van der Waals surface area contributed by atoms with E-state index in [9.17, 15) is 13.2 Å². The van der Waals surface area contributed by atoms with E-state index in [1.165, 1.54) is 6.26 Å². The zero-order valence-corrected chi connectivity index (χ0v) is 16.6. The van der Waals surface area contributed by atoms with Gasteiger partial charge in [0.2, 0.25) is 15.9 Å². The van der Waals surface area contributed by atoms with Gasteiger partial charge in [-0.25, -0.2) is 12.7 Å². The van der Waals surface area contributed by atoms with Crippen LogP contribution in [-0.4, -0.2) is 79.5 Å². The minimum Gasteiger partial charge on any atom is -0.340 e. The van der Waals surface area contributed by atoms with Crippen LogP contribution < -0.4 is 0 Å². The Balaban J connectivity index is 1.58. The van der Waals surface area contributed by atoms with Crippen molar-refractivity contribution in [2.75, 3.05) is 45.5 Å². The van der Waals surface area contributed by atoms with Crippen LogP contribution in [0.3, 0.4) is 0 Å². The van der Waals surface area contributed by atoms with Gasteiger partial charge in [-0.3, -0.25) is 9.69 Å².